The van der Waals surface area contributed by atoms with Gasteiger partial charge in [0.25, 0.3) is 0 Å². The number of benzene rings is 2. The number of carbonyl (C=O) groups excluding carboxylic acids is 1. The normalized spacial score (nSPS) is 15.8. The number of carbonyl (C=O) groups is 1. The third-order valence-corrected chi connectivity index (χ3v) is 5.46. The van der Waals surface area contributed by atoms with E-state index in [1.807, 2.05) is 13.8 Å². The van der Waals surface area contributed by atoms with Crippen molar-refractivity contribution >= 4 is 34.8 Å². The molecule has 1 amide bonds. The maximum Gasteiger partial charge on any atom is 0.223 e. The molecule has 4 nitrogen and oxygen atoms in total. The van der Waals surface area contributed by atoms with Crippen LogP contribution in [0.5, 0.6) is 0 Å². The van der Waals surface area contributed by atoms with Crippen LogP contribution in [0.25, 0.3) is 0 Å². The summed E-state index contributed by atoms with van der Waals surface area (Å²) in [7, 11) is 0. The quantitative estimate of drug-likeness (QED) is 0.527. The fourth-order valence-electron chi connectivity index (χ4n) is 3.21. The van der Waals surface area contributed by atoms with Gasteiger partial charge in [-0.2, -0.15) is 0 Å². The van der Waals surface area contributed by atoms with Crippen LogP contribution >= 0.6 is 23.2 Å². The zero-order chi connectivity index (χ0) is 21.8. The highest BCUT2D eigenvalue weighted by atomic mass is 35.5. The molecule has 160 valence electrons. The Bertz CT molecular complexity index is 966. The predicted molar refractivity (Wildman–Crippen MR) is 114 cm³/mol. The Hall–Kier alpha value is -2.18. The lowest BCUT2D eigenvalue weighted by Crippen LogP contribution is -2.38. The van der Waals surface area contributed by atoms with E-state index in [2.05, 4.69) is 5.16 Å². The van der Waals surface area contributed by atoms with Crippen LogP contribution in [0.4, 0.5) is 8.78 Å². The molecule has 0 bridgehead atoms. The van der Waals surface area contributed by atoms with Crippen LogP contribution in [0, 0.1) is 17.6 Å². The second kappa shape index (κ2) is 9.75. The summed E-state index contributed by atoms with van der Waals surface area (Å²) >= 11 is 12.0. The van der Waals surface area contributed by atoms with Crippen molar-refractivity contribution in [1.82, 2.24) is 4.90 Å². The molecular weight excluding hydrogens is 433 g/mol. The van der Waals surface area contributed by atoms with Gasteiger partial charge in [0.05, 0.1) is 22.3 Å². The Morgan fingerprint density at radius 2 is 1.97 bits per heavy atom. The SMILES string of the molecule is CC(C)CC(=O)N(Cc1ccc(F)cc1F)CC1CC(c2ccc(Cl)c(Cl)c2)=NO1. The zero-order valence-corrected chi connectivity index (χ0v) is 18.2. The molecule has 1 heterocycles. The summed E-state index contributed by atoms with van der Waals surface area (Å²) in [5.41, 5.74) is 1.73. The number of oxime groups is 1. The molecule has 0 fully saturated rings. The molecule has 0 spiro atoms. The summed E-state index contributed by atoms with van der Waals surface area (Å²) < 4.78 is 27.4. The number of rotatable bonds is 7. The van der Waals surface area contributed by atoms with Crippen molar-refractivity contribution in [3.63, 3.8) is 0 Å². The molecule has 8 heteroatoms. The standard InChI is InChI=1S/C22H22Cl2F2N2O2/c1-13(2)7-22(29)28(11-15-3-5-16(25)9-20(15)26)12-17-10-21(27-30-17)14-4-6-18(23)19(24)8-14/h3-6,8-9,13,17H,7,10-12H2,1-2H3. The van der Waals surface area contributed by atoms with Gasteiger partial charge in [0, 0.05) is 36.6 Å². The highest BCUT2D eigenvalue weighted by Gasteiger charge is 2.28. The number of hydrogen-bond donors (Lipinski definition) is 0. The first-order valence-electron chi connectivity index (χ1n) is 9.62. The summed E-state index contributed by atoms with van der Waals surface area (Å²) in [6, 6.07) is 8.55. The predicted octanol–water partition coefficient (Wildman–Crippen LogP) is 5.84. The van der Waals surface area contributed by atoms with Gasteiger partial charge in [0.1, 0.15) is 11.6 Å². The van der Waals surface area contributed by atoms with Crippen molar-refractivity contribution in [2.45, 2.75) is 39.3 Å². The molecular formula is C22H22Cl2F2N2O2. The van der Waals surface area contributed by atoms with Gasteiger partial charge in [-0.25, -0.2) is 8.78 Å². The smallest absolute Gasteiger partial charge is 0.223 e. The van der Waals surface area contributed by atoms with Gasteiger partial charge in [-0.15, -0.1) is 0 Å². The molecule has 0 radical (unpaired) electrons. The Kier molecular flexibility index (Phi) is 7.32. The second-order valence-corrected chi connectivity index (χ2v) is 8.52. The highest BCUT2D eigenvalue weighted by Crippen LogP contribution is 2.26. The maximum atomic E-state index is 14.1. The van der Waals surface area contributed by atoms with Gasteiger partial charge in [-0.3, -0.25) is 4.79 Å². The minimum Gasteiger partial charge on any atom is -0.390 e. The van der Waals surface area contributed by atoms with Crippen LogP contribution < -0.4 is 0 Å². The van der Waals surface area contributed by atoms with E-state index in [1.54, 1.807) is 18.2 Å². The van der Waals surface area contributed by atoms with E-state index in [4.69, 9.17) is 28.0 Å². The summed E-state index contributed by atoms with van der Waals surface area (Å²) in [5, 5.41) is 4.99. The third-order valence-electron chi connectivity index (χ3n) is 4.72. The largest absolute Gasteiger partial charge is 0.390 e. The number of amides is 1. The number of hydrogen-bond acceptors (Lipinski definition) is 3. The van der Waals surface area contributed by atoms with E-state index in [9.17, 15) is 13.6 Å². The molecule has 3 rings (SSSR count). The maximum absolute atomic E-state index is 14.1. The van der Waals surface area contributed by atoms with E-state index in [-0.39, 0.29) is 36.6 Å². The Balaban J connectivity index is 1.71. The van der Waals surface area contributed by atoms with Crippen LogP contribution in [0.3, 0.4) is 0 Å². The highest BCUT2D eigenvalue weighted by molar-refractivity contribution is 6.42. The molecule has 1 aliphatic rings. The first-order valence-corrected chi connectivity index (χ1v) is 10.4. The van der Waals surface area contributed by atoms with Crippen molar-refractivity contribution in [2.24, 2.45) is 11.1 Å². The number of halogens is 4. The van der Waals surface area contributed by atoms with Crippen LogP contribution in [-0.4, -0.2) is 29.2 Å². The first kappa shape index (κ1) is 22.5. The van der Waals surface area contributed by atoms with Gasteiger partial charge < -0.3 is 9.74 Å². The molecule has 1 atom stereocenters. The van der Waals surface area contributed by atoms with E-state index in [0.717, 1.165) is 11.6 Å². The summed E-state index contributed by atoms with van der Waals surface area (Å²) in [5.74, 6) is -1.32. The molecule has 1 aliphatic heterocycles. The lowest BCUT2D eigenvalue weighted by Gasteiger charge is -2.26. The molecule has 30 heavy (non-hydrogen) atoms. The average Bonchev–Trinajstić information content (AvgIpc) is 3.13. The minimum absolute atomic E-state index is 0.0274. The van der Waals surface area contributed by atoms with E-state index >= 15 is 0 Å². The zero-order valence-electron chi connectivity index (χ0n) is 16.7. The van der Waals surface area contributed by atoms with E-state index in [0.29, 0.717) is 28.6 Å². The molecule has 0 saturated heterocycles. The summed E-state index contributed by atoms with van der Waals surface area (Å²) in [4.78, 5) is 19.8. The van der Waals surface area contributed by atoms with Crippen molar-refractivity contribution < 1.29 is 18.4 Å². The Morgan fingerprint density at radius 1 is 1.20 bits per heavy atom. The fourth-order valence-corrected chi connectivity index (χ4v) is 3.50. The van der Waals surface area contributed by atoms with Gasteiger partial charge >= 0.3 is 0 Å². The lowest BCUT2D eigenvalue weighted by atomic mass is 10.0. The fraction of sp³-hybridized carbons (Fsp3) is 0.364. The van der Waals surface area contributed by atoms with Crippen LogP contribution in [0.2, 0.25) is 10.0 Å². The lowest BCUT2D eigenvalue weighted by molar-refractivity contribution is -0.134. The Labute approximate surface area is 184 Å². The number of nitrogens with zero attached hydrogens (tertiary/aromatic N) is 2. The third kappa shape index (κ3) is 5.70. The molecule has 0 N–H and O–H groups in total. The summed E-state index contributed by atoms with van der Waals surface area (Å²) in [6.07, 6.45) is 0.403. The minimum atomic E-state index is -0.683. The molecule has 0 aromatic heterocycles. The Morgan fingerprint density at radius 3 is 2.63 bits per heavy atom. The molecule has 2 aromatic carbocycles. The first-order chi connectivity index (χ1) is 14.2. The van der Waals surface area contributed by atoms with Gasteiger partial charge in [0.2, 0.25) is 5.91 Å². The second-order valence-electron chi connectivity index (χ2n) is 7.71. The van der Waals surface area contributed by atoms with Crippen molar-refractivity contribution in [1.29, 1.82) is 0 Å². The van der Waals surface area contributed by atoms with Crippen molar-refractivity contribution in [2.75, 3.05) is 6.54 Å². The molecule has 0 saturated carbocycles. The molecule has 0 aliphatic carbocycles. The molecule has 2 aromatic rings. The van der Waals surface area contributed by atoms with Gasteiger partial charge in [-0.05, 0) is 24.1 Å². The van der Waals surface area contributed by atoms with Crippen LogP contribution in [0.1, 0.15) is 37.8 Å². The summed E-state index contributed by atoms with van der Waals surface area (Å²) in [6.45, 7) is 4.13. The van der Waals surface area contributed by atoms with Crippen LogP contribution in [-0.2, 0) is 16.2 Å². The van der Waals surface area contributed by atoms with E-state index < -0.39 is 11.6 Å². The monoisotopic (exact) mass is 454 g/mol. The molecule has 1 unspecified atom stereocenters. The topological polar surface area (TPSA) is 41.9 Å². The van der Waals surface area contributed by atoms with Gasteiger partial charge in [0.15, 0.2) is 6.10 Å². The van der Waals surface area contributed by atoms with Crippen molar-refractivity contribution in [3.05, 3.63) is 69.2 Å². The van der Waals surface area contributed by atoms with Crippen LogP contribution in [0.15, 0.2) is 41.6 Å². The van der Waals surface area contributed by atoms with Crippen molar-refractivity contribution in [3.8, 4) is 0 Å². The average molecular weight is 455 g/mol. The van der Waals surface area contributed by atoms with E-state index in [1.165, 1.54) is 17.0 Å². The van der Waals surface area contributed by atoms with Gasteiger partial charge in [-0.1, -0.05) is 54.3 Å².